The highest BCUT2D eigenvalue weighted by Crippen LogP contribution is 2.27. The fourth-order valence-corrected chi connectivity index (χ4v) is 1.53. The van der Waals surface area contributed by atoms with Gasteiger partial charge in [-0.05, 0) is 25.1 Å². The van der Waals surface area contributed by atoms with Crippen LogP contribution in [0.25, 0.3) is 0 Å². The summed E-state index contributed by atoms with van der Waals surface area (Å²) >= 11 is 3.39. The van der Waals surface area contributed by atoms with E-state index in [9.17, 15) is 0 Å². The lowest BCUT2D eigenvalue weighted by Crippen LogP contribution is -2.32. The fourth-order valence-electron chi connectivity index (χ4n) is 1.18. The quantitative estimate of drug-likeness (QED) is 0.814. The predicted octanol–water partition coefficient (Wildman–Crippen LogP) is 1.85. The van der Waals surface area contributed by atoms with E-state index in [1.807, 2.05) is 37.1 Å². The van der Waals surface area contributed by atoms with Crippen molar-refractivity contribution in [2.24, 2.45) is 0 Å². The molecule has 0 amide bonds. The van der Waals surface area contributed by atoms with E-state index in [-0.39, 0.29) is 12.6 Å². The number of nitrogens with two attached hydrogens (primary N) is 1. The lowest BCUT2D eigenvalue weighted by Gasteiger charge is -2.26. The summed E-state index contributed by atoms with van der Waals surface area (Å²) in [7, 11) is 1.92. The molecule has 78 valence electrons. The highest BCUT2D eigenvalue weighted by atomic mass is 79.9. The zero-order valence-corrected chi connectivity index (χ0v) is 9.95. The van der Waals surface area contributed by atoms with Crippen LogP contribution in [-0.4, -0.2) is 24.8 Å². The van der Waals surface area contributed by atoms with Crippen LogP contribution in [0.3, 0.4) is 0 Å². The van der Waals surface area contributed by atoms with Crippen LogP contribution in [0.4, 0.5) is 11.4 Å². The number of likely N-dealkylation sites (N-methyl/N-ethyl adjacent to an activating group) is 1. The number of aliphatic hydroxyl groups excluding tert-OH is 1. The van der Waals surface area contributed by atoms with Gasteiger partial charge in [-0.15, -0.1) is 0 Å². The van der Waals surface area contributed by atoms with Gasteiger partial charge in [-0.2, -0.15) is 0 Å². The Morgan fingerprint density at radius 1 is 1.57 bits per heavy atom. The first-order chi connectivity index (χ1) is 6.56. The Kier molecular flexibility index (Phi) is 3.77. The molecule has 0 saturated carbocycles. The molecule has 1 aromatic carbocycles. The number of aliphatic hydroxyl groups is 1. The summed E-state index contributed by atoms with van der Waals surface area (Å²) in [6.07, 6.45) is 0. The molecule has 0 spiro atoms. The molecule has 0 aliphatic heterocycles. The minimum atomic E-state index is 0.0617. The zero-order chi connectivity index (χ0) is 10.7. The number of nitrogen functional groups attached to an aromatic ring is 1. The van der Waals surface area contributed by atoms with Gasteiger partial charge in [0.05, 0.1) is 18.0 Å². The molecule has 3 nitrogen and oxygen atoms in total. The van der Waals surface area contributed by atoms with Crippen LogP contribution in [0.2, 0.25) is 0 Å². The molecule has 1 atom stereocenters. The van der Waals surface area contributed by atoms with E-state index < -0.39 is 0 Å². The molecule has 14 heavy (non-hydrogen) atoms. The minimum Gasteiger partial charge on any atom is -0.397 e. The summed E-state index contributed by atoms with van der Waals surface area (Å²) in [6, 6.07) is 5.75. The molecule has 0 fully saturated rings. The molecule has 0 aromatic heterocycles. The predicted molar refractivity (Wildman–Crippen MR) is 63.5 cm³/mol. The van der Waals surface area contributed by atoms with Gasteiger partial charge in [-0.3, -0.25) is 0 Å². The maximum absolute atomic E-state index is 9.03. The van der Waals surface area contributed by atoms with Crippen LogP contribution in [0.15, 0.2) is 22.7 Å². The second-order valence-corrected chi connectivity index (χ2v) is 4.26. The molecule has 0 aliphatic carbocycles. The van der Waals surface area contributed by atoms with Crippen LogP contribution >= 0.6 is 15.9 Å². The van der Waals surface area contributed by atoms with Crippen molar-refractivity contribution in [2.45, 2.75) is 13.0 Å². The molecule has 4 heteroatoms. The third-order valence-electron chi connectivity index (χ3n) is 2.30. The van der Waals surface area contributed by atoms with E-state index in [1.54, 1.807) is 0 Å². The Morgan fingerprint density at radius 3 is 2.79 bits per heavy atom. The Hall–Kier alpha value is -0.740. The molecule has 1 aromatic rings. The average Bonchev–Trinajstić information content (AvgIpc) is 2.19. The van der Waals surface area contributed by atoms with Gasteiger partial charge >= 0.3 is 0 Å². The number of benzene rings is 1. The number of halogens is 1. The smallest absolute Gasteiger partial charge is 0.0632 e. The van der Waals surface area contributed by atoms with Gasteiger partial charge in [0.25, 0.3) is 0 Å². The second kappa shape index (κ2) is 4.66. The third kappa shape index (κ3) is 2.39. The molecule has 0 aliphatic rings. The third-order valence-corrected chi connectivity index (χ3v) is 2.79. The number of nitrogens with zero attached hydrogens (tertiary/aromatic N) is 1. The Balaban J connectivity index is 2.99. The van der Waals surface area contributed by atoms with Crippen molar-refractivity contribution in [3.8, 4) is 0 Å². The molecule has 3 N–H and O–H groups in total. The molecule has 1 unspecified atom stereocenters. The number of hydrogen-bond acceptors (Lipinski definition) is 3. The number of rotatable bonds is 3. The first kappa shape index (κ1) is 11.3. The topological polar surface area (TPSA) is 49.5 Å². The number of hydrogen-bond donors (Lipinski definition) is 2. The van der Waals surface area contributed by atoms with Crippen LogP contribution in [0.5, 0.6) is 0 Å². The summed E-state index contributed by atoms with van der Waals surface area (Å²) in [5, 5.41) is 9.03. The average molecular weight is 259 g/mol. The first-order valence-corrected chi connectivity index (χ1v) is 5.24. The SMILES string of the molecule is CC(CO)N(C)c1cc(Br)ccc1N. The van der Waals surface area contributed by atoms with Crippen LogP contribution < -0.4 is 10.6 Å². The van der Waals surface area contributed by atoms with Gasteiger partial charge in [0.1, 0.15) is 0 Å². The van der Waals surface area contributed by atoms with E-state index in [2.05, 4.69) is 15.9 Å². The van der Waals surface area contributed by atoms with Gasteiger partial charge in [0, 0.05) is 17.6 Å². The molecule has 0 saturated heterocycles. The lowest BCUT2D eigenvalue weighted by molar-refractivity contribution is 0.270. The Morgan fingerprint density at radius 2 is 2.21 bits per heavy atom. The van der Waals surface area contributed by atoms with E-state index in [1.165, 1.54) is 0 Å². The molecular weight excluding hydrogens is 244 g/mol. The van der Waals surface area contributed by atoms with E-state index in [0.29, 0.717) is 0 Å². The van der Waals surface area contributed by atoms with Gasteiger partial charge < -0.3 is 15.7 Å². The number of anilines is 2. The van der Waals surface area contributed by atoms with Gasteiger partial charge in [-0.1, -0.05) is 15.9 Å². The Bertz CT molecular complexity index is 317. The van der Waals surface area contributed by atoms with Gasteiger partial charge in [0.2, 0.25) is 0 Å². The summed E-state index contributed by atoms with van der Waals surface area (Å²) in [4.78, 5) is 1.96. The highest BCUT2D eigenvalue weighted by molar-refractivity contribution is 9.10. The maximum Gasteiger partial charge on any atom is 0.0632 e. The van der Waals surface area contributed by atoms with Gasteiger partial charge in [0.15, 0.2) is 0 Å². The normalized spacial score (nSPS) is 12.6. The van der Waals surface area contributed by atoms with E-state index >= 15 is 0 Å². The van der Waals surface area contributed by atoms with Crippen molar-refractivity contribution in [3.63, 3.8) is 0 Å². The van der Waals surface area contributed by atoms with Crippen molar-refractivity contribution in [2.75, 3.05) is 24.3 Å². The minimum absolute atomic E-state index is 0.0617. The van der Waals surface area contributed by atoms with Crippen LogP contribution in [0.1, 0.15) is 6.92 Å². The van der Waals surface area contributed by atoms with Crippen molar-refractivity contribution in [1.82, 2.24) is 0 Å². The lowest BCUT2D eigenvalue weighted by atomic mass is 10.2. The summed E-state index contributed by atoms with van der Waals surface area (Å²) in [5.74, 6) is 0. The van der Waals surface area contributed by atoms with Crippen LogP contribution in [-0.2, 0) is 0 Å². The second-order valence-electron chi connectivity index (χ2n) is 3.35. The monoisotopic (exact) mass is 258 g/mol. The molecule has 0 radical (unpaired) electrons. The highest BCUT2D eigenvalue weighted by Gasteiger charge is 2.11. The molecule has 0 heterocycles. The van der Waals surface area contributed by atoms with Crippen molar-refractivity contribution < 1.29 is 5.11 Å². The zero-order valence-electron chi connectivity index (χ0n) is 8.37. The first-order valence-electron chi connectivity index (χ1n) is 4.45. The van der Waals surface area contributed by atoms with Crippen LogP contribution in [0, 0.1) is 0 Å². The van der Waals surface area contributed by atoms with Gasteiger partial charge in [-0.25, -0.2) is 0 Å². The largest absolute Gasteiger partial charge is 0.397 e. The Labute approximate surface area is 92.7 Å². The summed E-state index contributed by atoms with van der Waals surface area (Å²) in [6.45, 7) is 2.06. The molecular formula is C10H15BrN2O. The van der Waals surface area contributed by atoms with E-state index in [4.69, 9.17) is 10.8 Å². The maximum atomic E-state index is 9.03. The van der Waals surface area contributed by atoms with Crippen molar-refractivity contribution in [3.05, 3.63) is 22.7 Å². The summed E-state index contributed by atoms with van der Waals surface area (Å²) in [5.41, 5.74) is 7.49. The molecule has 1 rings (SSSR count). The van der Waals surface area contributed by atoms with Crippen molar-refractivity contribution >= 4 is 27.3 Å². The van der Waals surface area contributed by atoms with E-state index in [0.717, 1.165) is 15.8 Å². The fraction of sp³-hybridized carbons (Fsp3) is 0.400. The van der Waals surface area contributed by atoms with Crippen molar-refractivity contribution in [1.29, 1.82) is 0 Å². The standard InChI is InChI=1S/C10H15BrN2O/c1-7(6-14)13(2)10-5-8(11)3-4-9(10)12/h3-5,7,14H,6,12H2,1-2H3. The summed E-state index contributed by atoms with van der Waals surface area (Å²) < 4.78 is 0.985. The molecule has 0 bridgehead atoms.